The van der Waals surface area contributed by atoms with Crippen LogP contribution in [0.15, 0.2) is 100 Å². The molecule has 0 fully saturated rings. The van der Waals surface area contributed by atoms with Gasteiger partial charge in [0.1, 0.15) is 22.7 Å². The second kappa shape index (κ2) is 19.4. The molecule has 4 aromatic rings. The lowest BCUT2D eigenvalue weighted by molar-refractivity contribution is -0.126. The Morgan fingerprint density at radius 2 is 1.62 bits per heavy atom. The van der Waals surface area contributed by atoms with E-state index < -0.39 is 11.9 Å². The third-order valence-electron chi connectivity index (χ3n) is 10.5. The Morgan fingerprint density at radius 1 is 0.918 bits per heavy atom. The van der Waals surface area contributed by atoms with Gasteiger partial charge in [-0.15, -0.1) is 21.5 Å². The highest BCUT2D eigenvalue weighted by molar-refractivity contribution is 7.15. The molecule has 1 atom stereocenters. The molecule has 0 saturated heterocycles. The first-order chi connectivity index (χ1) is 29.5. The van der Waals surface area contributed by atoms with Crippen LogP contribution in [0, 0.1) is 20.8 Å². The molecule has 0 unspecified atom stereocenters. The van der Waals surface area contributed by atoms with Crippen LogP contribution < -0.4 is 16.0 Å². The van der Waals surface area contributed by atoms with Gasteiger partial charge in [0.15, 0.2) is 11.7 Å². The van der Waals surface area contributed by atoms with Crippen LogP contribution in [0.3, 0.4) is 0 Å². The molecular weight excluding hydrogens is 812 g/mol. The smallest absolute Gasteiger partial charge is 0.271 e. The van der Waals surface area contributed by atoms with Gasteiger partial charge >= 0.3 is 0 Å². The summed E-state index contributed by atoms with van der Waals surface area (Å²) in [7, 11) is 0. The highest BCUT2D eigenvalue weighted by Gasteiger charge is 2.32. The van der Waals surface area contributed by atoms with Crippen LogP contribution in [0.2, 0.25) is 5.02 Å². The maximum Gasteiger partial charge on any atom is 0.271 e. The van der Waals surface area contributed by atoms with Crippen LogP contribution in [0.1, 0.15) is 88.9 Å². The Hall–Kier alpha value is -6.32. The third kappa shape index (κ3) is 10.2. The predicted octanol–water partition coefficient (Wildman–Crippen LogP) is 6.32. The summed E-state index contributed by atoms with van der Waals surface area (Å²) in [5, 5.41) is 19.1. The van der Waals surface area contributed by atoms with Crippen LogP contribution in [0.4, 0.5) is 0 Å². The van der Waals surface area contributed by atoms with Gasteiger partial charge in [0.2, 0.25) is 17.7 Å². The van der Waals surface area contributed by atoms with Crippen LogP contribution in [0.5, 0.6) is 0 Å². The maximum absolute atomic E-state index is 13.3. The Labute approximate surface area is 363 Å². The van der Waals surface area contributed by atoms with Gasteiger partial charge in [-0.2, -0.15) is 4.99 Å². The zero-order valence-corrected chi connectivity index (χ0v) is 35.9. The second-order valence-electron chi connectivity index (χ2n) is 14.9. The minimum absolute atomic E-state index is 0.0640. The topological polar surface area (TPSA) is 175 Å². The molecule has 3 N–H and O–H groups in total. The van der Waals surface area contributed by atoms with Crippen molar-refractivity contribution in [2.24, 2.45) is 15.0 Å². The third-order valence-corrected chi connectivity index (χ3v) is 12.0. The van der Waals surface area contributed by atoms with Crippen molar-refractivity contribution in [1.82, 2.24) is 35.6 Å². The molecule has 0 saturated carbocycles. The largest absolute Gasteiger partial charge is 0.356 e. The van der Waals surface area contributed by atoms with E-state index in [1.807, 2.05) is 83.3 Å². The number of nitrogens with one attached hydrogen (secondary N) is 3. The fourth-order valence-electron chi connectivity index (χ4n) is 7.27. The molecule has 314 valence electrons. The summed E-state index contributed by atoms with van der Waals surface area (Å²) < 4.78 is 2.01. The zero-order valence-electron chi connectivity index (χ0n) is 34.3. The minimum atomic E-state index is -0.577. The molecule has 61 heavy (non-hydrogen) atoms. The predicted molar refractivity (Wildman–Crippen MR) is 238 cm³/mol. The van der Waals surface area contributed by atoms with Crippen molar-refractivity contribution in [1.29, 1.82) is 0 Å². The van der Waals surface area contributed by atoms with E-state index >= 15 is 0 Å². The maximum atomic E-state index is 13.3. The number of rotatable bonds is 15. The number of halogens is 1. The summed E-state index contributed by atoms with van der Waals surface area (Å²) in [5.41, 5.74) is 6.67. The SMILES string of the molecule is C=CC(=O)/N=C1\N=C2C=CC(CCCNC(=O)CCC(=O)NCCCNC(=O)C[C@@H]3N=C(c4ccc(Cl)cc4)c4c(sc(C)c4C)-n4c(C)nnc43)=CN2Cc2ccccc21. The van der Waals surface area contributed by atoms with E-state index in [4.69, 9.17) is 16.6 Å². The van der Waals surface area contributed by atoms with Crippen molar-refractivity contribution < 1.29 is 19.2 Å². The molecule has 2 aromatic carbocycles. The van der Waals surface area contributed by atoms with Crippen LogP contribution >= 0.6 is 22.9 Å². The molecule has 16 heteroatoms. The summed E-state index contributed by atoms with van der Waals surface area (Å²) in [4.78, 5) is 67.5. The zero-order chi connectivity index (χ0) is 43.0. The van der Waals surface area contributed by atoms with Gasteiger partial charge in [0.25, 0.3) is 5.91 Å². The van der Waals surface area contributed by atoms with Crippen molar-refractivity contribution in [2.45, 2.75) is 71.9 Å². The number of nitrogens with zero attached hydrogens (tertiary/aromatic N) is 7. The lowest BCUT2D eigenvalue weighted by Gasteiger charge is -2.23. The average molecular weight is 859 g/mol. The van der Waals surface area contributed by atoms with Gasteiger partial charge in [0, 0.05) is 71.8 Å². The summed E-state index contributed by atoms with van der Waals surface area (Å²) in [6, 6.07) is 14.7. The quantitative estimate of drug-likeness (QED) is 0.0927. The number of amidine groups is 2. The number of amides is 4. The van der Waals surface area contributed by atoms with E-state index in [9.17, 15) is 19.2 Å². The van der Waals surface area contributed by atoms with Gasteiger partial charge in [-0.25, -0.2) is 4.99 Å². The van der Waals surface area contributed by atoms with Crippen LogP contribution in [-0.4, -0.2) is 80.3 Å². The van der Waals surface area contributed by atoms with Crippen LogP contribution in [0.25, 0.3) is 5.00 Å². The standard InChI is InChI=1S/C45H47ClN10O4S/c1-5-37(57)52-43-34-12-7-6-11-32(34)26-55-25-30(13-18-36(55)51-43)10-8-21-47-38(58)19-20-39(59)48-22-9-23-49-40(60)24-35-44-54-53-29(4)56(44)45-41(27(2)28(3)61-45)42(50-35)31-14-16-33(46)17-15-31/h5-7,11-18,25,35H,1,8-10,19-24,26H2,2-4H3,(H,47,58)(H,48,59)(H,49,60)/b52-43-/t35-/m0/s1. The second-order valence-corrected chi connectivity index (χ2v) is 16.5. The van der Waals surface area contributed by atoms with Crippen LogP contribution in [-0.2, 0) is 25.7 Å². The summed E-state index contributed by atoms with van der Waals surface area (Å²) in [6.07, 6.45) is 9.25. The summed E-state index contributed by atoms with van der Waals surface area (Å²) >= 11 is 7.87. The first kappa shape index (κ1) is 42.8. The van der Waals surface area contributed by atoms with Gasteiger partial charge < -0.3 is 20.9 Å². The van der Waals surface area contributed by atoms with Crippen molar-refractivity contribution in [2.75, 3.05) is 19.6 Å². The Kier molecular flexibility index (Phi) is 13.6. The number of hydrogen-bond donors (Lipinski definition) is 3. The molecule has 0 radical (unpaired) electrons. The number of carbonyl (C=O) groups is 4. The molecule has 2 aromatic heterocycles. The van der Waals surface area contributed by atoms with E-state index in [2.05, 4.69) is 56.6 Å². The molecule has 14 nitrogen and oxygen atoms in total. The molecule has 0 bridgehead atoms. The van der Waals surface area contributed by atoms with E-state index in [1.54, 1.807) is 11.3 Å². The summed E-state index contributed by atoms with van der Waals surface area (Å²) in [6.45, 7) is 11.3. The number of benzene rings is 2. The highest BCUT2D eigenvalue weighted by atomic mass is 35.5. The summed E-state index contributed by atoms with van der Waals surface area (Å²) in [5.74, 6) is 1.30. The van der Waals surface area contributed by atoms with Gasteiger partial charge in [-0.05, 0) is 81.0 Å². The first-order valence-corrected chi connectivity index (χ1v) is 21.4. The number of aromatic nitrogens is 3. The minimum Gasteiger partial charge on any atom is -0.356 e. The Bertz CT molecular complexity index is 2530. The lowest BCUT2D eigenvalue weighted by Crippen LogP contribution is -2.31. The Morgan fingerprint density at radius 3 is 2.36 bits per heavy atom. The van der Waals surface area contributed by atoms with Gasteiger partial charge in [0.05, 0.1) is 12.1 Å². The van der Waals surface area contributed by atoms with Gasteiger partial charge in [-0.1, -0.05) is 60.7 Å². The molecule has 7 rings (SSSR count). The number of thiophene rings is 1. The fourth-order valence-corrected chi connectivity index (χ4v) is 8.61. The molecule has 5 heterocycles. The number of aryl methyl sites for hydroxylation is 2. The fraction of sp³-hybridized carbons (Fsp3) is 0.311. The van der Waals surface area contributed by atoms with Crippen molar-refractivity contribution >= 4 is 63.9 Å². The molecule has 3 aliphatic heterocycles. The van der Waals surface area contributed by atoms with E-state index in [1.165, 1.54) is 11.0 Å². The molecule has 4 amide bonds. The molecule has 0 aliphatic carbocycles. The highest BCUT2D eigenvalue weighted by Crippen LogP contribution is 2.39. The van der Waals surface area contributed by atoms with Gasteiger partial charge in [-0.3, -0.25) is 28.7 Å². The molecular formula is C45H47ClN10O4S. The molecule has 3 aliphatic rings. The monoisotopic (exact) mass is 858 g/mol. The Balaban J connectivity index is 0.823. The van der Waals surface area contributed by atoms with E-state index in [-0.39, 0.29) is 37.0 Å². The van der Waals surface area contributed by atoms with Crippen molar-refractivity contribution in [3.8, 4) is 5.00 Å². The van der Waals surface area contributed by atoms with Crippen molar-refractivity contribution in [3.05, 3.63) is 134 Å². The first-order valence-electron chi connectivity index (χ1n) is 20.2. The normalized spacial score (nSPS) is 15.8. The number of allylic oxidation sites excluding steroid dienone is 2. The van der Waals surface area contributed by atoms with E-state index in [0.717, 1.165) is 56.3 Å². The average Bonchev–Trinajstić information content (AvgIpc) is 3.67. The number of aliphatic imine (C=N–C) groups is 3. The number of fused-ring (bicyclic) bond motifs is 5. The van der Waals surface area contributed by atoms with E-state index in [0.29, 0.717) is 61.5 Å². The molecule has 0 spiro atoms. The number of hydrogen-bond acceptors (Lipinski definition) is 9. The van der Waals surface area contributed by atoms with Crippen molar-refractivity contribution in [3.63, 3.8) is 0 Å². The number of carbonyl (C=O) groups excluding carboxylic acids is 4. The lowest BCUT2D eigenvalue weighted by atomic mass is 9.99.